The van der Waals surface area contributed by atoms with E-state index in [2.05, 4.69) is 5.32 Å². The number of thioether (sulfide) groups is 1. The van der Waals surface area contributed by atoms with Crippen LogP contribution in [0.5, 0.6) is 0 Å². The van der Waals surface area contributed by atoms with Crippen molar-refractivity contribution in [3.8, 4) is 0 Å². The molecule has 6 heteroatoms. The van der Waals surface area contributed by atoms with Crippen LogP contribution in [0.15, 0.2) is 30.3 Å². The van der Waals surface area contributed by atoms with E-state index in [1.807, 2.05) is 30.3 Å². The highest BCUT2D eigenvalue weighted by Crippen LogP contribution is 2.19. The zero-order valence-corrected chi connectivity index (χ0v) is 11.9. The molecule has 108 valence electrons. The van der Waals surface area contributed by atoms with Gasteiger partial charge in [0.2, 0.25) is 0 Å². The molecule has 0 spiro atoms. The number of rotatable bonds is 4. The summed E-state index contributed by atoms with van der Waals surface area (Å²) < 4.78 is 0. The molecule has 1 unspecified atom stereocenters. The Kier molecular flexibility index (Phi) is 5.29. The number of hydrogen-bond donors (Lipinski definition) is 2. The van der Waals surface area contributed by atoms with Crippen molar-refractivity contribution in [2.24, 2.45) is 0 Å². The van der Waals surface area contributed by atoms with Crippen molar-refractivity contribution < 1.29 is 14.7 Å². The molecule has 0 radical (unpaired) electrons. The summed E-state index contributed by atoms with van der Waals surface area (Å²) in [6.45, 7) is 1.06. The molecule has 2 N–H and O–H groups in total. The average Bonchev–Trinajstić information content (AvgIpc) is 2.46. The molecule has 20 heavy (non-hydrogen) atoms. The lowest BCUT2D eigenvalue weighted by molar-refractivity contribution is -0.137. The Balaban J connectivity index is 1.90. The number of carbonyl (C=O) groups is 2. The molecule has 2 rings (SSSR count). The van der Waals surface area contributed by atoms with Gasteiger partial charge in [0.05, 0.1) is 12.5 Å². The van der Waals surface area contributed by atoms with Crippen LogP contribution < -0.4 is 5.32 Å². The molecule has 1 aliphatic heterocycles. The lowest BCUT2D eigenvalue weighted by atomic mass is 10.2. The second-order valence-electron chi connectivity index (χ2n) is 4.66. The molecule has 0 saturated carbocycles. The van der Waals surface area contributed by atoms with Crippen molar-refractivity contribution in [3.63, 3.8) is 0 Å². The van der Waals surface area contributed by atoms with Gasteiger partial charge in [0.1, 0.15) is 0 Å². The SMILES string of the molecule is O=C(O)CC1CSCCN1C(=O)NCc1ccccc1. The first kappa shape index (κ1) is 14.7. The number of carboxylic acid groups (broad SMARTS) is 1. The molecule has 0 bridgehead atoms. The average molecular weight is 294 g/mol. The Hall–Kier alpha value is -1.69. The van der Waals surface area contributed by atoms with Crippen LogP contribution in [-0.4, -0.2) is 46.1 Å². The molecule has 1 aromatic rings. The van der Waals surface area contributed by atoms with E-state index in [0.29, 0.717) is 18.8 Å². The van der Waals surface area contributed by atoms with Crippen LogP contribution in [0, 0.1) is 0 Å². The van der Waals surface area contributed by atoms with Crippen LogP contribution >= 0.6 is 11.8 Å². The van der Waals surface area contributed by atoms with Gasteiger partial charge in [-0.3, -0.25) is 4.79 Å². The van der Waals surface area contributed by atoms with Crippen molar-refractivity contribution in [2.75, 3.05) is 18.1 Å². The van der Waals surface area contributed by atoms with Gasteiger partial charge in [-0.15, -0.1) is 0 Å². The Morgan fingerprint density at radius 3 is 2.80 bits per heavy atom. The maximum atomic E-state index is 12.2. The second-order valence-corrected chi connectivity index (χ2v) is 5.81. The molecule has 0 aromatic heterocycles. The van der Waals surface area contributed by atoms with Crippen LogP contribution in [0.3, 0.4) is 0 Å². The van der Waals surface area contributed by atoms with E-state index in [9.17, 15) is 9.59 Å². The van der Waals surface area contributed by atoms with Crippen LogP contribution in [0.25, 0.3) is 0 Å². The number of carbonyl (C=O) groups excluding carboxylic acids is 1. The van der Waals surface area contributed by atoms with Crippen molar-refractivity contribution in [3.05, 3.63) is 35.9 Å². The van der Waals surface area contributed by atoms with Gasteiger partial charge in [-0.1, -0.05) is 30.3 Å². The molecule has 1 aromatic carbocycles. The maximum Gasteiger partial charge on any atom is 0.317 e. The first-order chi connectivity index (χ1) is 9.66. The monoisotopic (exact) mass is 294 g/mol. The third-order valence-corrected chi connectivity index (χ3v) is 4.28. The summed E-state index contributed by atoms with van der Waals surface area (Å²) in [6.07, 6.45) is 0.00571. The van der Waals surface area contributed by atoms with Crippen LogP contribution in [0.1, 0.15) is 12.0 Å². The van der Waals surface area contributed by atoms with Gasteiger partial charge in [0.15, 0.2) is 0 Å². The molecular formula is C14H18N2O3S. The van der Waals surface area contributed by atoms with Crippen LogP contribution in [-0.2, 0) is 11.3 Å². The van der Waals surface area contributed by atoms with E-state index in [4.69, 9.17) is 5.11 Å². The molecule has 1 fully saturated rings. The van der Waals surface area contributed by atoms with Crippen molar-refractivity contribution >= 4 is 23.8 Å². The molecule has 1 atom stereocenters. The van der Waals surface area contributed by atoms with E-state index in [-0.39, 0.29) is 18.5 Å². The standard InChI is InChI=1S/C14H18N2O3S/c17-13(18)8-12-10-20-7-6-16(12)14(19)15-9-11-4-2-1-3-5-11/h1-5,12H,6-10H2,(H,15,19)(H,17,18). The zero-order chi connectivity index (χ0) is 14.4. The lowest BCUT2D eigenvalue weighted by Gasteiger charge is -2.34. The molecule has 1 heterocycles. The highest BCUT2D eigenvalue weighted by molar-refractivity contribution is 7.99. The Morgan fingerprint density at radius 1 is 1.35 bits per heavy atom. The van der Waals surface area contributed by atoms with Crippen LogP contribution in [0.2, 0.25) is 0 Å². The van der Waals surface area contributed by atoms with Crippen LogP contribution in [0.4, 0.5) is 4.79 Å². The van der Waals surface area contributed by atoms with E-state index in [0.717, 1.165) is 11.3 Å². The summed E-state index contributed by atoms with van der Waals surface area (Å²) in [5.74, 6) is 0.679. The fraction of sp³-hybridized carbons (Fsp3) is 0.429. The van der Waals surface area contributed by atoms with E-state index in [1.165, 1.54) is 0 Å². The van der Waals surface area contributed by atoms with Gasteiger partial charge >= 0.3 is 12.0 Å². The number of nitrogens with zero attached hydrogens (tertiary/aromatic N) is 1. The fourth-order valence-corrected chi connectivity index (χ4v) is 3.23. The van der Waals surface area contributed by atoms with E-state index in [1.54, 1.807) is 16.7 Å². The summed E-state index contributed by atoms with van der Waals surface area (Å²) in [5.41, 5.74) is 1.03. The maximum absolute atomic E-state index is 12.2. The normalized spacial score (nSPS) is 18.6. The first-order valence-corrected chi connectivity index (χ1v) is 7.70. The number of benzene rings is 1. The topological polar surface area (TPSA) is 69.6 Å². The minimum atomic E-state index is -0.863. The Morgan fingerprint density at radius 2 is 2.10 bits per heavy atom. The number of nitrogens with one attached hydrogen (secondary N) is 1. The number of hydrogen-bond acceptors (Lipinski definition) is 3. The molecule has 5 nitrogen and oxygen atoms in total. The molecule has 1 aliphatic rings. The van der Waals surface area contributed by atoms with E-state index < -0.39 is 5.97 Å². The Labute approximate surface area is 122 Å². The van der Waals surface area contributed by atoms with Gasteiger partial charge in [0, 0.05) is 24.6 Å². The first-order valence-electron chi connectivity index (χ1n) is 6.55. The number of amides is 2. The smallest absolute Gasteiger partial charge is 0.317 e. The molecule has 2 amide bonds. The summed E-state index contributed by atoms with van der Waals surface area (Å²) in [4.78, 5) is 24.7. The lowest BCUT2D eigenvalue weighted by Crippen LogP contribution is -2.51. The molecule has 1 saturated heterocycles. The predicted molar refractivity (Wildman–Crippen MR) is 78.7 cm³/mol. The van der Waals surface area contributed by atoms with Gasteiger partial charge < -0.3 is 15.3 Å². The zero-order valence-electron chi connectivity index (χ0n) is 11.1. The third kappa shape index (κ3) is 4.16. The summed E-state index contributed by atoms with van der Waals surface area (Å²) in [6, 6.07) is 9.26. The minimum Gasteiger partial charge on any atom is -0.481 e. The predicted octanol–water partition coefficient (Wildman–Crippen LogP) is 1.79. The number of aliphatic carboxylic acids is 1. The van der Waals surface area contributed by atoms with Crippen molar-refractivity contribution in [1.29, 1.82) is 0 Å². The number of carboxylic acids is 1. The Bertz CT molecular complexity index is 467. The summed E-state index contributed by atoms with van der Waals surface area (Å²) in [7, 11) is 0. The van der Waals surface area contributed by atoms with Gasteiger partial charge in [-0.05, 0) is 5.56 Å². The minimum absolute atomic E-state index is 0.00571. The largest absolute Gasteiger partial charge is 0.481 e. The highest BCUT2D eigenvalue weighted by Gasteiger charge is 2.28. The third-order valence-electron chi connectivity index (χ3n) is 3.19. The number of urea groups is 1. The second kappa shape index (κ2) is 7.19. The quantitative estimate of drug-likeness (QED) is 0.888. The summed E-state index contributed by atoms with van der Waals surface area (Å²) in [5, 5.41) is 11.8. The van der Waals surface area contributed by atoms with E-state index >= 15 is 0 Å². The van der Waals surface area contributed by atoms with Crippen molar-refractivity contribution in [2.45, 2.75) is 19.0 Å². The van der Waals surface area contributed by atoms with Gasteiger partial charge in [-0.2, -0.15) is 11.8 Å². The summed E-state index contributed by atoms with van der Waals surface area (Å²) >= 11 is 1.70. The fourth-order valence-electron chi connectivity index (χ4n) is 2.17. The van der Waals surface area contributed by atoms with Crippen molar-refractivity contribution in [1.82, 2.24) is 10.2 Å². The highest BCUT2D eigenvalue weighted by atomic mass is 32.2. The van der Waals surface area contributed by atoms with Gasteiger partial charge in [0.25, 0.3) is 0 Å². The molecular weight excluding hydrogens is 276 g/mol. The molecule has 0 aliphatic carbocycles. The van der Waals surface area contributed by atoms with Gasteiger partial charge in [-0.25, -0.2) is 4.79 Å².